The van der Waals surface area contributed by atoms with Crippen LogP contribution >= 0.6 is 0 Å². The number of ketones is 1. The minimum atomic E-state index is 0.167. The van der Waals surface area contributed by atoms with E-state index < -0.39 is 0 Å². The largest absolute Gasteiger partial charge is 0.400 e. The average Bonchev–Trinajstić information content (AvgIpc) is 2.40. The Morgan fingerprint density at radius 2 is 1.26 bits per heavy atom. The molecule has 0 heterocycles. The summed E-state index contributed by atoms with van der Waals surface area (Å²) in [6.45, 7) is 9.60. The van der Waals surface area contributed by atoms with Crippen molar-refractivity contribution >= 4 is 5.78 Å². The monoisotopic (exact) mass is 268 g/mol. The van der Waals surface area contributed by atoms with E-state index in [0.29, 0.717) is 0 Å². The third kappa shape index (κ3) is 38.3. The van der Waals surface area contributed by atoms with E-state index in [1.165, 1.54) is 45.1 Å². The number of aryl methyl sites for hydroxylation is 1. The number of hydrogen-bond acceptors (Lipinski definition) is 2. The third-order valence-electron chi connectivity index (χ3n) is 1.90. The average molecular weight is 268 g/mol. The number of unbranched alkanes of at least 4 members (excludes halogenated alkanes) is 3. The molecule has 1 aromatic rings. The number of benzene rings is 1. The highest BCUT2D eigenvalue weighted by Crippen LogP contribution is 1.95. The van der Waals surface area contributed by atoms with E-state index in [4.69, 9.17) is 5.11 Å². The zero-order valence-corrected chi connectivity index (χ0v) is 13.6. The first-order valence-electron chi connectivity index (χ1n) is 6.98. The molecule has 1 N–H and O–H groups in total. The highest BCUT2D eigenvalue weighted by atomic mass is 16.2. The van der Waals surface area contributed by atoms with Crippen molar-refractivity contribution in [3.05, 3.63) is 35.9 Å². The van der Waals surface area contributed by atoms with Gasteiger partial charge in [-0.25, -0.2) is 0 Å². The fourth-order valence-corrected chi connectivity index (χ4v) is 1.03. The smallest absolute Gasteiger partial charge is 0.126 e. The van der Waals surface area contributed by atoms with Crippen LogP contribution in [0.2, 0.25) is 0 Å². The third-order valence-corrected chi connectivity index (χ3v) is 1.90. The van der Waals surface area contributed by atoms with Gasteiger partial charge in [0.25, 0.3) is 0 Å². The van der Waals surface area contributed by atoms with Gasteiger partial charge < -0.3 is 9.90 Å². The van der Waals surface area contributed by atoms with Gasteiger partial charge in [0.05, 0.1) is 0 Å². The maximum Gasteiger partial charge on any atom is 0.126 e. The molecule has 2 nitrogen and oxygen atoms in total. The summed E-state index contributed by atoms with van der Waals surface area (Å²) in [4.78, 5) is 9.44. The molecule has 1 rings (SSSR count). The summed E-state index contributed by atoms with van der Waals surface area (Å²) in [5.74, 6) is 0.167. The van der Waals surface area contributed by atoms with Crippen molar-refractivity contribution < 1.29 is 9.90 Å². The standard InChI is InChI=1S/C7H8.C6H14.C3H6O.CH4O/c1-7-5-3-2-4-6-7;1-3-5-6-4-2;1-3(2)4;1-2/h2-6H,1H3;3-6H2,1-2H3;1-2H3;2H,1H3. The Labute approximate surface area is 119 Å². The Morgan fingerprint density at radius 3 is 1.42 bits per heavy atom. The molecule has 0 unspecified atom stereocenters. The van der Waals surface area contributed by atoms with Crippen molar-refractivity contribution in [3.63, 3.8) is 0 Å². The van der Waals surface area contributed by atoms with Gasteiger partial charge in [-0.1, -0.05) is 75.4 Å². The molecule has 0 amide bonds. The molecule has 0 atom stereocenters. The number of Topliss-reactive ketones (excluding diaryl/α,β-unsaturated/α-hetero) is 1. The van der Waals surface area contributed by atoms with Gasteiger partial charge in [-0.2, -0.15) is 0 Å². The zero-order valence-electron chi connectivity index (χ0n) is 13.6. The van der Waals surface area contributed by atoms with Crippen molar-refractivity contribution in [2.75, 3.05) is 7.11 Å². The second-order valence-electron chi connectivity index (χ2n) is 4.27. The summed E-state index contributed by atoms with van der Waals surface area (Å²) in [5.41, 5.74) is 1.32. The Morgan fingerprint density at radius 1 is 0.947 bits per heavy atom. The number of rotatable bonds is 3. The van der Waals surface area contributed by atoms with Crippen molar-refractivity contribution in [1.29, 1.82) is 0 Å². The summed E-state index contributed by atoms with van der Waals surface area (Å²) in [6, 6.07) is 10.3. The van der Waals surface area contributed by atoms with Crippen LogP contribution in [0, 0.1) is 6.92 Å². The van der Waals surface area contributed by atoms with Crippen LogP contribution in [0.4, 0.5) is 0 Å². The van der Waals surface area contributed by atoms with E-state index >= 15 is 0 Å². The highest BCUT2D eigenvalue weighted by molar-refractivity contribution is 5.72. The van der Waals surface area contributed by atoms with Crippen LogP contribution in [-0.2, 0) is 4.79 Å². The summed E-state index contributed by atoms with van der Waals surface area (Å²) < 4.78 is 0. The molecule has 0 aliphatic carbocycles. The van der Waals surface area contributed by atoms with Crippen molar-refractivity contribution in [2.24, 2.45) is 0 Å². The van der Waals surface area contributed by atoms with Gasteiger partial charge >= 0.3 is 0 Å². The van der Waals surface area contributed by atoms with Gasteiger partial charge in [0.15, 0.2) is 0 Å². The molecule has 0 bridgehead atoms. The van der Waals surface area contributed by atoms with E-state index in [1.54, 1.807) is 0 Å². The van der Waals surface area contributed by atoms with Gasteiger partial charge in [0, 0.05) is 7.11 Å². The summed E-state index contributed by atoms with van der Waals surface area (Å²) in [7, 11) is 1.00. The van der Waals surface area contributed by atoms with Gasteiger partial charge in [0.1, 0.15) is 5.78 Å². The molecule has 0 fully saturated rings. The lowest BCUT2D eigenvalue weighted by atomic mass is 10.2. The number of carbonyl (C=O) groups is 1. The van der Waals surface area contributed by atoms with Crippen LogP contribution in [0.25, 0.3) is 0 Å². The molecule has 0 aliphatic rings. The predicted octanol–water partition coefficient (Wildman–Crippen LogP) is 4.79. The Kier molecular flexibility index (Phi) is 26.7. The van der Waals surface area contributed by atoms with Crippen LogP contribution in [0.15, 0.2) is 30.3 Å². The van der Waals surface area contributed by atoms with Crippen LogP contribution < -0.4 is 0 Å². The second kappa shape index (κ2) is 22.1. The van der Waals surface area contributed by atoms with Gasteiger partial charge in [-0.05, 0) is 20.8 Å². The molecule has 0 saturated heterocycles. The first kappa shape index (κ1) is 23.0. The van der Waals surface area contributed by atoms with E-state index in [0.717, 1.165) is 7.11 Å². The maximum absolute atomic E-state index is 9.44. The first-order chi connectivity index (χ1) is 9.04. The summed E-state index contributed by atoms with van der Waals surface area (Å²) in [5, 5.41) is 7.00. The first-order valence-corrected chi connectivity index (χ1v) is 6.98. The molecule has 0 saturated carbocycles. The molecular weight excluding hydrogens is 236 g/mol. The second-order valence-corrected chi connectivity index (χ2v) is 4.27. The SMILES string of the molecule is CC(C)=O.CCCCCC.CO.Cc1ccccc1. The lowest BCUT2D eigenvalue weighted by Gasteiger charge is -1.86. The van der Waals surface area contributed by atoms with Crippen LogP contribution in [-0.4, -0.2) is 18.0 Å². The molecule has 19 heavy (non-hydrogen) atoms. The molecule has 0 radical (unpaired) electrons. The van der Waals surface area contributed by atoms with Gasteiger partial charge in [0.2, 0.25) is 0 Å². The number of hydrogen-bond donors (Lipinski definition) is 1. The summed E-state index contributed by atoms with van der Waals surface area (Å²) in [6.07, 6.45) is 5.54. The quantitative estimate of drug-likeness (QED) is 0.801. The fourth-order valence-electron chi connectivity index (χ4n) is 1.03. The van der Waals surface area contributed by atoms with Gasteiger partial charge in [-0.15, -0.1) is 0 Å². The van der Waals surface area contributed by atoms with E-state index in [-0.39, 0.29) is 5.78 Å². The van der Waals surface area contributed by atoms with E-state index in [2.05, 4.69) is 32.9 Å². The van der Waals surface area contributed by atoms with Crippen molar-refractivity contribution in [3.8, 4) is 0 Å². The van der Waals surface area contributed by atoms with Crippen LogP contribution in [0.3, 0.4) is 0 Å². The zero-order chi connectivity index (χ0) is 15.5. The van der Waals surface area contributed by atoms with E-state index in [1.807, 2.05) is 18.2 Å². The molecule has 0 aliphatic heterocycles. The molecule has 1 aromatic carbocycles. The molecular formula is C17H32O2. The fraction of sp³-hybridized carbons (Fsp3) is 0.588. The van der Waals surface area contributed by atoms with E-state index in [9.17, 15) is 4.79 Å². The normalized spacial score (nSPS) is 7.74. The van der Waals surface area contributed by atoms with Crippen LogP contribution in [0.1, 0.15) is 58.9 Å². The van der Waals surface area contributed by atoms with Crippen LogP contribution in [0.5, 0.6) is 0 Å². The Hall–Kier alpha value is -1.15. The molecule has 2 heteroatoms. The summed E-state index contributed by atoms with van der Waals surface area (Å²) >= 11 is 0. The Balaban J connectivity index is -0.000000196. The topological polar surface area (TPSA) is 37.3 Å². The maximum atomic E-state index is 9.44. The molecule has 112 valence electrons. The minimum absolute atomic E-state index is 0.167. The highest BCUT2D eigenvalue weighted by Gasteiger charge is 1.75. The molecule has 0 aromatic heterocycles. The number of carbonyl (C=O) groups excluding carboxylic acids is 1. The molecule has 0 spiro atoms. The predicted molar refractivity (Wildman–Crippen MR) is 85.5 cm³/mol. The minimum Gasteiger partial charge on any atom is -0.400 e. The van der Waals surface area contributed by atoms with Crippen molar-refractivity contribution in [1.82, 2.24) is 0 Å². The lowest BCUT2D eigenvalue weighted by molar-refractivity contribution is -0.114. The number of aliphatic hydroxyl groups is 1. The van der Waals surface area contributed by atoms with Crippen molar-refractivity contribution in [2.45, 2.75) is 60.3 Å². The Bertz CT molecular complexity index is 247. The van der Waals surface area contributed by atoms with Gasteiger partial charge in [-0.3, -0.25) is 0 Å². The lowest BCUT2D eigenvalue weighted by Crippen LogP contribution is -1.69. The number of aliphatic hydroxyl groups excluding tert-OH is 1.